The average Bonchev–Trinajstić information content (AvgIpc) is 2.23. The standard InChI is InChI=1S/C10H7F6NO2/c11-9(12,13)4-19-7-2-1-5(10(14,15)16)3-6(7)8(17)18/h1-3H,4H2,(H2,17,18). The number of primary amides is 1. The monoisotopic (exact) mass is 287 g/mol. The fourth-order valence-electron chi connectivity index (χ4n) is 1.18. The minimum Gasteiger partial charge on any atom is -0.483 e. The molecule has 106 valence electrons. The lowest BCUT2D eigenvalue weighted by atomic mass is 10.1. The topological polar surface area (TPSA) is 52.3 Å². The number of amides is 1. The van der Waals surface area contributed by atoms with Gasteiger partial charge >= 0.3 is 12.4 Å². The van der Waals surface area contributed by atoms with Crippen LogP contribution >= 0.6 is 0 Å². The zero-order chi connectivity index (χ0) is 14.8. The van der Waals surface area contributed by atoms with E-state index < -0.39 is 41.7 Å². The van der Waals surface area contributed by atoms with Gasteiger partial charge in [0.1, 0.15) is 5.75 Å². The van der Waals surface area contributed by atoms with Crippen LogP contribution in [0.25, 0.3) is 0 Å². The maximum atomic E-state index is 12.4. The number of nitrogens with two attached hydrogens (primary N) is 1. The molecule has 1 aromatic rings. The van der Waals surface area contributed by atoms with Crippen molar-refractivity contribution in [1.82, 2.24) is 0 Å². The second-order valence-electron chi connectivity index (χ2n) is 3.48. The van der Waals surface area contributed by atoms with Gasteiger partial charge in [-0.25, -0.2) is 0 Å². The number of benzene rings is 1. The number of carbonyl (C=O) groups is 1. The molecule has 19 heavy (non-hydrogen) atoms. The molecule has 0 aliphatic rings. The third-order valence-electron chi connectivity index (χ3n) is 1.96. The summed E-state index contributed by atoms with van der Waals surface area (Å²) < 4.78 is 77.1. The van der Waals surface area contributed by atoms with E-state index in [4.69, 9.17) is 5.73 Å². The van der Waals surface area contributed by atoms with E-state index in [-0.39, 0.29) is 0 Å². The Hall–Kier alpha value is -1.93. The molecule has 0 fully saturated rings. The SMILES string of the molecule is NC(=O)c1cc(C(F)(F)F)ccc1OCC(F)(F)F. The van der Waals surface area contributed by atoms with Crippen molar-refractivity contribution in [2.24, 2.45) is 5.73 Å². The van der Waals surface area contributed by atoms with E-state index in [9.17, 15) is 31.1 Å². The third-order valence-corrected chi connectivity index (χ3v) is 1.96. The largest absolute Gasteiger partial charge is 0.483 e. The summed E-state index contributed by atoms with van der Waals surface area (Å²) in [6, 6.07) is 1.46. The van der Waals surface area contributed by atoms with Crippen LogP contribution in [0.1, 0.15) is 15.9 Å². The molecule has 0 spiro atoms. The highest BCUT2D eigenvalue weighted by atomic mass is 19.4. The summed E-state index contributed by atoms with van der Waals surface area (Å²) in [6.07, 6.45) is -9.43. The van der Waals surface area contributed by atoms with Crippen molar-refractivity contribution in [2.45, 2.75) is 12.4 Å². The van der Waals surface area contributed by atoms with Crippen LogP contribution in [-0.2, 0) is 6.18 Å². The van der Waals surface area contributed by atoms with Crippen LogP contribution in [0.2, 0.25) is 0 Å². The zero-order valence-corrected chi connectivity index (χ0v) is 9.10. The molecule has 1 amide bonds. The van der Waals surface area contributed by atoms with Gasteiger partial charge in [0, 0.05) is 0 Å². The van der Waals surface area contributed by atoms with E-state index in [0.29, 0.717) is 18.2 Å². The number of alkyl halides is 6. The van der Waals surface area contributed by atoms with Crippen molar-refractivity contribution in [1.29, 1.82) is 0 Å². The minimum absolute atomic E-state index is 0.341. The molecule has 9 heteroatoms. The molecule has 0 aromatic heterocycles. The minimum atomic E-state index is -4.74. The highest BCUT2D eigenvalue weighted by molar-refractivity contribution is 5.95. The van der Waals surface area contributed by atoms with Crippen LogP contribution in [0.15, 0.2) is 18.2 Å². The van der Waals surface area contributed by atoms with Crippen molar-refractivity contribution >= 4 is 5.91 Å². The summed E-state index contributed by atoms with van der Waals surface area (Å²) in [5, 5.41) is 0. The molecule has 0 bridgehead atoms. The number of ether oxygens (including phenoxy) is 1. The van der Waals surface area contributed by atoms with Crippen molar-refractivity contribution in [3.63, 3.8) is 0 Å². The molecule has 0 aliphatic heterocycles. The van der Waals surface area contributed by atoms with Gasteiger partial charge in [0.2, 0.25) is 0 Å². The van der Waals surface area contributed by atoms with E-state index in [1.807, 2.05) is 0 Å². The van der Waals surface area contributed by atoms with Gasteiger partial charge in [-0.05, 0) is 18.2 Å². The van der Waals surface area contributed by atoms with E-state index in [1.165, 1.54) is 0 Å². The molecule has 3 nitrogen and oxygen atoms in total. The van der Waals surface area contributed by atoms with Gasteiger partial charge < -0.3 is 10.5 Å². The van der Waals surface area contributed by atoms with Gasteiger partial charge in [-0.3, -0.25) is 4.79 Å². The van der Waals surface area contributed by atoms with Gasteiger partial charge in [-0.1, -0.05) is 0 Å². The fourth-order valence-corrected chi connectivity index (χ4v) is 1.18. The number of halogens is 6. The van der Waals surface area contributed by atoms with Crippen LogP contribution < -0.4 is 10.5 Å². The lowest BCUT2D eigenvalue weighted by Crippen LogP contribution is -2.22. The Labute approximate surface area is 102 Å². The Bertz CT molecular complexity index is 480. The summed E-state index contributed by atoms with van der Waals surface area (Å²) in [5.74, 6) is -1.97. The van der Waals surface area contributed by atoms with Crippen molar-refractivity contribution < 1.29 is 35.9 Å². The van der Waals surface area contributed by atoms with E-state index in [0.717, 1.165) is 0 Å². The molecule has 0 atom stereocenters. The second-order valence-corrected chi connectivity index (χ2v) is 3.48. The first-order chi connectivity index (χ1) is 8.50. The van der Waals surface area contributed by atoms with Gasteiger partial charge in [0.05, 0.1) is 11.1 Å². The van der Waals surface area contributed by atoms with Crippen LogP contribution in [0.4, 0.5) is 26.3 Å². The van der Waals surface area contributed by atoms with Crippen LogP contribution in [0.3, 0.4) is 0 Å². The number of hydrogen-bond acceptors (Lipinski definition) is 2. The zero-order valence-electron chi connectivity index (χ0n) is 9.10. The molecule has 0 unspecified atom stereocenters. The molecule has 0 saturated carbocycles. The molecule has 2 N–H and O–H groups in total. The lowest BCUT2D eigenvalue weighted by molar-refractivity contribution is -0.153. The lowest BCUT2D eigenvalue weighted by Gasteiger charge is -2.13. The normalized spacial score (nSPS) is 12.3. The molecule has 0 heterocycles. The molecular formula is C10H7F6NO2. The summed E-state index contributed by atoms with van der Waals surface area (Å²) in [4.78, 5) is 10.9. The van der Waals surface area contributed by atoms with Gasteiger partial charge in [-0.15, -0.1) is 0 Å². The predicted molar refractivity (Wildman–Crippen MR) is 51.5 cm³/mol. The predicted octanol–water partition coefficient (Wildman–Crippen LogP) is 2.75. The van der Waals surface area contributed by atoms with Crippen LogP contribution in [0, 0.1) is 0 Å². The Balaban J connectivity index is 3.09. The number of rotatable bonds is 3. The van der Waals surface area contributed by atoms with Crippen molar-refractivity contribution in [3.8, 4) is 5.75 Å². The number of carbonyl (C=O) groups excluding carboxylic acids is 1. The summed E-state index contributed by atoms with van der Waals surface area (Å²) in [7, 11) is 0. The average molecular weight is 287 g/mol. The van der Waals surface area contributed by atoms with E-state index in [2.05, 4.69) is 4.74 Å². The van der Waals surface area contributed by atoms with Crippen LogP contribution in [0.5, 0.6) is 5.75 Å². The number of hydrogen-bond donors (Lipinski definition) is 1. The fraction of sp³-hybridized carbons (Fsp3) is 0.300. The van der Waals surface area contributed by atoms with E-state index >= 15 is 0 Å². The maximum Gasteiger partial charge on any atom is 0.422 e. The quantitative estimate of drug-likeness (QED) is 0.869. The smallest absolute Gasteiger partial charge is 0.422 e. The highest BCUT2D eigenvalue weighted by Crippen LogP contribution is 2.32. The summed E-state index contributed by atoms with van der Waals surface area (Å²) in [6.45, 7) is -1.74. The first-order valence-electron chi connectivity index (χ1n) is 4.71. The summed E-state index contributed by atoms with van der Waals surface area (Å²) >= 11 is 0. The molecule has 1 rings (SSSR count). The molecular weight excluding hydrogens is 280 g/mol. The van der Waals surface area contributed by atoms with Gasteiger partial charge in [0.15, 0.2) is 6.61 Å². The molecule has 1 aromatic carbocycles. The van der Waals surface area contributed by atoms with Crippen molar-refractivity contribution in [3.05, 3.63) is 29.3 Å². The van der Waals surface area contributed by atoms with Crippen LogP contribution in [-0.4, -0.2) is 18.7 Å². The second kappa shape index (κ2) is 4.98. The van der Waals surface area contributed by atoms with E-state index in [1.54, 1.807) is 0 Å². The first kappa shape index (κ1) is 15.1. The molecule has 0 aliphatic carbocycles. The molecule has 0 radical (unpaired) electrons. The Morgan fingerprint density at radius 3 is 2.16 bits per heavy atom. The molecule has 0 saturated heterocycles. The van der Waals surface area contributed by atoms with Crippen molar-refractivity contribution in [2.75, 3.05) is 6.61 Å². The van der Waals surface area contributed by atoms with Gasteiger partial charge in [-0.2, -0.15) is 26.3 Å². The maximum absolute atomic E-state index is 12.4. The first-order valence-corrected chi connectivity index (χ1v) is 4.71. The summed E-state index contributed by atoms with van der Waals surface area (Å²) in [5.41, 5.74) is 2.83. The Morgan fingerprint density at radius 1 is 1.16 bits per heavy atom. The van der Waals surface area contributed by atoms with Gasteiger partial charge in [0.25, 0.3) is 5.91 Å². The highest BCUT2D eigenvalue weighted by Gasteiger charge is 2.33. The third kappa shape index (κ3) is 4.34. The Kier molecular flexibility index (Phi) is 3.97. The Morgan fingerprint density at radius 2 is 1.74 bits per heavy atom.